The number of amides is 1. The smallest absolute Gasteiger partial charge is 0.236 e. The van der Waals surface area contributed by atoms with Crippen LogP contribution in [0.15, 0.2) is 0 Å². The number of carbonyl (C=O) groups excluding carboxylic acids is 1. The van der Waals surface area contributed by atoms with Gasteiger partial charge in [0.25, 0.3) is 0 Å². The summed E-state index contributed by atoms with van der Waals surface area (Å²) in [5, 5.41) is 3.41. The molecule has 98 valence electrons. The average molecular weight is 239 g/mol. The summed E-state index contributed by atoms with van der Waals surface area (Å²) >= 11 is 0. The largest absolute Gasteiger partial charge is 0.339 e. The molecule has 0 saturated carbocycles. The first-order chi connectivity index (χ1) is 8.16. The van der Waals surface area contributed by atoms with Gasteiger partial charge in [0.2, 0.25) is 5.91 Å². The van der Waals surface area contributed by atoms with E-state index in [1.54, 1.807) is 0 Å². The molecule has 2 aliphatic rings. The lowest BCUT2D eigenvalue weighted by molar-refractivity contribution is -0.135. The lowest BCUT2D eigenvalue weighted by Crippen LogP contribution is -2.53. The van der Waals surface area contributed by atoms with E-state index in [0.29, 0.717) is 24.5 Å². The van der Waals surface area contributed by atoms with Crippen molar-refractivity contribution in [2.24, 2.45) is 0 Å². The van der Waals surface area contributed by atoms with E-state index in [1.807, 2.05) is 0 Å². The highest BCUT2D eigenvalue weighted by Gasteiger charge is 2.25. The maximum absolute atomic E-state index is 12.2. The van der Waals surface area contributed by atoms with Gasteiger partial charge in [0, 0.05) is 38.3 Å². The Morgan fingerprint density at radius 1 is 1.29 bits per heavy atom. The predicted octanol–water partition coefficient (Wildman–Crippen LogP) is 0.681. The Labute approximate surface area is 104 Å². The van der Waals surface area contributed by atoms with Gasteiger partial charge in [0.15, 0.2) is 0 Å². The summed E-state index contributed by atoms with van der Waals surface area (Å²) in [7, 11) is 0. The Kier molecular flexibility index (Phi) is 4.40. The Morgan fingerprint density at radius 2 is 2.12 bits per heavy atom. The maximum atomic E-state index is 12.2. The fourth-order valence-corrected chi connectivity index (χ4v) is 2.91. The Morgan fingerprint density at radius 3 is 2.82 bits per heavy atom. The summed E-state index contributed by atoms with van der Waals surface area (Å²) in [5.41, 5.74) is 0. The second-order valence-electron chi connectivity index (χ2n) is 5.52. The average Bonchev–Trinajstić information content (AvgIpc) is 2.29. The SMILES string of the molecule is CC1CCCCN1C(=O)CN1CCN[C@H](C)C1. The van der Waals surface area contributed by atoms with Crippen LogP contribution in [0.2, 0.25) is 0 Å². The molecule has 1 amide bonds. The van der Waals surface area contributed by atoms with Gasteiger partial charge < -0.3 is 10.2 Å². The van der Waals surface area contributed by atoms with E-state index >= 15 is 0 Å². The van der Waals surface area contributed by atoms with Gasteiger partial charge in [0.05, 0.1) is 6.54 Å². The van der Waals surface area contributed by atoms with Crippen LogP contribution < -0.4 is 5.32 Å². The van der Waals surface area contributed by atoms with E-state index in [1.165, 1.54) is 19.3 Å². The van der Waals surface area contributed by atoms with Gasteiger partial charge in [-0.15, -0.1) is 0 Å². The lowest BCUT2D eigenvalue weighted by atomic mass is 10.0. The maximum Gasteiger partial charge on any atom is 0.236 e. The summed E-state index contributed by atoms with van der Waals surface area (Å²) < 4.78 is 0. The monoisotopic (exact) mass is 239 g/mol. The van der Waals surface area contributed by atoms with Crippen LogP contribution in [-0.4, -0.2) is 60.5 Å². The normalized spacial score (nSPS) is 31.5. The zero-order valence-electron chi connectivity index (χ0n) is 11.1. The van der Waals surface area contributed by atoms with E-state index in [-0.39, 0.29) is 0 Å². The molecule has 4 nitrogen and oxygen atoms in total. The molecular formula is C13H25N3O. The second kappa shape index (κ2) is 5.83. The number of hydrogen-bond donors (Lipinski definition) is 1. The minimum Gasteiger partial charge on any atom is -0.339 e. The predicted molar refractivity (Wildman–Crippen MR) is 68.9 cm³/mol. The van der Waals surface area contributed by atoms with E-state index in [4.69, 9.17) is 0 Å². The number of piperazine rings is 1. The molecule has 1 N–H and O–H groups in total. The first-order valence-corrected chi connectivity index (χ1v) is 6.92. The van der Waals surface area contributed by atoms with E-state index in [2.05, 4.69) is 29.0 Å². The summed E-state index contributed by atoms with van der Waals surface area (Å²) in [6, 6.07) is 0.951. The number of hydrogen-bond acceptors (Lipinski definition) is 3. The van der Waals surface area contributed by atoms with Crippen molar-refractivity contribution < 1.29 is 4.79 Å². The topological polar surface area (TPSA) is 35.6 Å². The molecule has 2 heterocycles. The van der Waals surface area contributed by atoms with Crippen molar-refractivity contribution in [1.29, 1.82) is 0 Å². The highest BCUT2D eigenvalue weighted by molar-refractivity contribution is 5.78. The molecule has 1 unspecified atom stereocenters. The van der Waals surface area contributed by atoms with Crippen molar-refractivity contribution in [2.75, 3.05) is 32.7 Å². The van der Waals surface area contributed by atoms with Gasteiger partial charge in [-0.1, -0.05) is 0 Å². The fraction of sp³-hybridized carbons (Fsp3) is 0.923. The standard InChI is InChI=1S/C13H25N3O/c1-11-9-15(8-6-14-11)10-13(17)16-7-4-3-5-12(16)2/h11-12,14H,3-10H2,1-2H3/t11-,12?/m1/s1. The molecule has 2 rings (SSSR count). The third kappa shape index (κ3) is 3.42. The van der Waals surface area contributed by atoms with Crippen LogP contribution >= 0.6 is 0 Å². The van der Waals surface area contributed by atoms with Crippen LogP contribution in [-0.2, 0) is 4.79 Å². The number of nitrogens with one attached hydrogen (secondary N) is 1. The summed E-state index contributed by atoms with van der Waals surface area (Å²) in [4.78, 5) is 16.6. The molecule has 0 aliphatic carbocycles. The summed E-state index contributed by atoms with van der Waals surface area (Å²) in [5.74, 6) is 0.325. The van der Waals surface area contributed by atoms with Crippen LogP contribution in [0.3, 0.4) is 0 Å². The van der Waals surface area contributed by atoms with E-state index in [9.17, 15) is 4.79 Å². The van der Waals surface area contributed by atoms with Crippen molar-refractivity contribution in [3.8, 4) is 0 Å². The van der Waals surface area contributed by atoms with Crippen molar-refractivity contribution in [3.63, 3.8) is 0 Å². The molecule has 0 bridgehead atoms. The molecule has 2 saturated heterocycles. The first kappa shape index (κ1) is 12.8. The molecule has 0 spiro atoms. The second-order valence-corrected chi connectivity index (χ2v) is 5.52. The molecule has 0 aromatic carbocycles. The van der Waals surface area contributed by atoms with Crippen LogP contribution in [0, 0.1) is 0 Å². The summed E-state index contributed by atoms with van der Waals surface area (Å²) in [6.45, 7) is 8.92. The van der Waals surface area contributed by atoms with Gasteiger partial charge in [-0.25, -0.2) is 0 Å². The Balaban J connectivity index is 1.83. The molecular weight excluding hydrogens is 214 g/mol. The van der Waals surface area contributed by atoms with Gasteiger partial charge in [0.1, 0.15) is 0 Å². The lowest BCUT2D eigenvalue weighted by Gasteiger charge is -2.37. The van der Waals surface area contributed by atoms with Gasteiger partial charge in [-0.05, 0) is 33.1 Å². The van der Waals surface area contributed by atoms with Crippen molar-refractivity contribution >= 4 is 5.91 Å². The zero-order chi connectivity index (χ0) is 12.3. The molecule has 2 aliphatic heterocycles. The molecule has 2 fully saturated rings. The molecule has 2 atom stereocenters. The minimum absolute atomic E-state index is 0.325. The number of likely N-dealkylation sites (tertiary alicyclic amines) is 1. The first-order valence-electron chi connectivity index (χ1n) is 6.92. The van der Waals surface area contributed by atoms with Gasteiger partial charge in [-0.3, -0.25) is 9.69 Å². The molecule has 0 aromatic rings. The number of carbonyl (C=O) groups is 1. The van der Waals surface area contributed by atoms with Gasteiger partial charge in [-0.2, -0.15) is 0 Å². The zero-order valence-corrected chi connectivity index (χ0v) is 11.1. The van der Waals surface area contributed by atoms with Crippen LogP contribution in [0.25, 0.3) is 0 Å². The third-order valence-corrected chi connectivity index (χ3v) is 3.94. The Hall–Kier alpha value is -0.610. The van der Waals surface area contributed by atoms with Crippen molar-refractivity contribution in [1.82, 2.24) is 15.1 Å². The van der Waals surface area contributed by atoms with Crippen LogP contribution in [0.1, 0.15) is 33.1 Å². The Bertz CT molecular complexity index is 269. The van der Waals surface area contributed by atoms with Crippen LogP contribution in [0.4, 0.5) is 0 Å². The molecule has 17 heavy (non-hydrogen) atoms. The van der Waals surface area contributed by atoms with E-state index < -0.39 is 0 Å². The fourth-order valence-electron chi connectivity index (χ4n) is 2.91. The van der Waals surface area contributed by atoms with E-state index in [0.717, 1.165) is 26.2 Å². The van der Waals surface area contributed by atoms with Gasteiger partial charge >= 0.3 is 0 Å². The number of piperidine rings is 1. The third-order valence-electron chi connectivity index (χ3n) is 3.94. The van der Waals surface area contributed by atoms with Crippen molar-refractivity contribution in [2.45, 2.75) is 45.2 Å². The number of rotatable bonds is 2. The molecule has 0 radical (unpaired) electrons. The summed E-state index contributed by atoms with van der Waals surface area (Å²) in [6.07, 6.45) is 3.62. The highest BCUT2D eigenvalue weighted by Crippen LogP contribution is 2.16. The quantitative estimate of drug-likeness (QED) is 0.770. The number of nitrogens with zero attached hydrogens (tertiary/aromatic N) is 2. The minimum atomic E-state index is 0.325. The van der Waals surface area contributed by atoms with Crippen molar-refractivity contribution in [3.05, 3.63) is 0 Å². The molecule has 4 heteroatoms. The highest BCUT2D eigenvalue weighted by atomic mass is 16.2. The molecule has 0 aromatic heterocycles. The van der Waals surface area contributed by atoms with Crippen LogP contribution in [0.5, 0.6) is 0 Å².